The van der Waals surface area contributed by atoms with Crippen molar-refractivity contribution < 1.29 is 0 Å². The van der Waals surface area contributed by atoms with Gasteiger partial charge in [-0.05, 0) is 11.6 Å². The fourth-order valence-electron chi connectivity index (χ4n) is 2.68. The van der Waals surface area contributed by atoms with E-state index in [1.807, 2.05) is 54.6 Å². The zero-order valence-corrected chi connectivity index (χ0v) is 14.1. The van der Waals surface area contributed by atoms with Gasteiger partial charge >= 0.3 is 0 Å². The van der Waals surface area contributed by atoms with Gasteiger partial charge in [-0.1, -0.05) is 72.4 Å². The highest BCUT2D eigenvalue weighted by Crippen LogP contribution is 2.29. The maximum absolute atomic E-state index is 9.61. The number of nitrogens with zero attached hydrogens (tertiary/aromatic N) is 4. The quantitative estimate of drug-likeness (QED) is 0.510. The highest BCUT2D eigenvalue weighted by atomic mass is 32.2. The van der Waals surface area contributed by atoms with Crippen LogP contribution in [-0.2, 0) is 5.75 Å². The molecule has 0 aliphatic carbocycles. The molecular weight excluding hydrogens is 328 g/mol. The van der Waals surface area contributed by atoms with Crippen molar-refractivity contribution in [3.8, 4) is 17.3 Å². The minimum atomic E-state index is 0.527. The summed E-state index contributed by atoms with van der Waals surface area (Å²) in [6.45, 7) is 0. The van der Waals surface area contributed by atoms with Crippen molar-refractivity contribution >= 4 is 17.4 Å². The summed E-state index contributed by atoms with van der Waals surface area (Å²) in [6.07, 6.45) is 1.73. The van der Waals surface area contributed by atoms with Crippen molar-refractivity contribution in [1.29, 1.82) is 5.26 Å². The molecule has 0 unspecified atom stereocenters. The van der Waals surface area contributed by atoms with E-state index in [0.717, 1.165) is 17.0 Å². The van der Waals surface area contributed by atoms with Gasteiger partial charge in [0.15, 0.2) is 5.65 Å². The molecule has 0 atom stereocenters. The lowest BCUT2D eigenvalue weighted by Gasteiger charge is -2.03. The van der Waals surface area contributed by atoms with Crippen LogP contribution in [0, 0.1) is 11.3 Å². The fraction of sp³-hybridized carbons (Fsp3) is 0.0500. The summed E-state index contributed by atoms with van der Waals surface area (Å²) >= 11 is 1.56. The van der Waals surface area contributed by atoms with Crippen molar-refractivity contribution in [2.45, 2.75) is 10.8 Å². The Morgan fingerprint density at radius 1 is 0.960 bits per heavy atom. The molecule has 0 amide bonds. The van der Waals surface area contributed by atoms with Crippen LogP contribution < -0.4 is 0 Å². The van der Waals surface area contributed by atoms with Crippen molar-refractivity contribution in [3.05, 3.63) is 84.1 Å². The molecule has 0 saturated heterocycles. The molecule has 0 saturated carbocycles. The van der Waals surface area contributed by atoms with Gasteiger partial charge in [-0.15, -0.1) is 0 Å². The average Bonchev–Trinajstić information content (AvgIpc) is 3.05. The molecule has 0 bridgehead atoms. The van der Waals surface area contributed by atoms with Gasteiger partial charge in [0.2, 0.25) is 0 Å². The van der Waals surface area contributed by atoms with Gasteiger partial charge in [-0.25, -0.2) is 9.50 Å². The zero-order chi connectivity index (χ0) is 17.1. The third kappa shape index (κ3) is 3.00. The Hall–Kier alpha value is -3.10. The third-order valence-corrected chi connectivity index (χ3v) is 4.92. The maximum Gasteiger partial charge on any atom is 0.174 e. The second kappa shape index (κ2) is 6.80. The minimum absolute atomic E-state index is 0.527. The molecular formula is C20H14N4S. The van der Waals surface area contributed by atoms with Gasteiger partial charge in [0.1, 0.15) is 16.7 Å². The van der Waals surface area contributed by atoms with E-state index in [2.05, 4.69) is 28.3 Å². The van der Waals surface area contributed by atoms with Crippen LogP contribution in [0.4, 0.5) is 0 Å². The Balaban J connectivity index is 1.77. The van der Waals surface area contributed by atoms with Crippen LogP contribution >= 0.6 is 11.8 Å². The SMILES string of the molecule is N#Cc1c(SCc2ccccc2)nn2c(-c3ccccc3)ccnc12. The number of thioether (sulfide) groups is 1. The van der Waals surface area contributed by atoms with Gasteiger partial charge in [-0.2, -0.15) is 10.4 Å². The number of aromatic nitrogens is 3. The number of hydrogen-bond donors (Lipinski definition) is 0. The number of nitriles is 1. The Bertz CT molecular complexity index is 1050. The van der Waals surface area contributed by atoms with Gasteiger partial charge in [0.05, 0.1) is 5.69 Å². The van der Waals surface area contributed by atoms with Crippen LogP contribution in [0.15, 0.2) is 78.0 Å². The highest BCUT2D eigenvalue weighted by Gasteiger charge is 2.16. The van der Waals surface area contributed by atoms with Crippen molar-refractivity contribution in [2.24, 2.45) is 0 Å². The second-order valence-electron chi connectivity index (χ2n) is 5.50. The lowest BCUT2D eigenvalue weighted by Crippen LogP contribution is -1.95. The Morgan fingerprint density at radius 3 is 2.40 bits per heavy atom. The molecule has 2 heterocycles. The molecule has 0 aliphatic rings. The monoisotopic (exact) mass is 342 g/mol. The van der Waals surface area contributed by atoms with E-state index in [0.29, 0.717) is 16.2 Å². The Kier molecular flexibility index (Phi) is 4.19. The van der Waals surface area contributed by atoms with Crippen LogP contribution in [0.25, 0.3) is 16.9 Å². The van der Waals surface area contributed by atoms with Crippen molar-refractivity contribution in [3.63, 3.8) is 0 Å². The summed E-state index contributed by atoms with van der Waals surface area (Å²) in [6, 6.07) is 24.4. The first-order chi connectivity index (χ1) is 12.4. The summed E-state index contributed by atoms with van der Waals surface area (Å²) in [5.74, 6) is 0.764. The Labute approximate surface area is 149 Å². The van der Waals surface area contributed by atoms with Crippen LogP contribution in [0.3, 0.4) is 0 Å². The topological polar surface area (TPSA) is 54.0 Å². The first kappa shape index (κ1) is 15.4. The van der Waals surface area contributed by atoms with E-state index in [-0.39, 0.29) is 0 Å². The van der Waals surface area contributed by atoms with E-state index in [1.54, 1.807) is 22.5 Å². The largest absolute Gasteiger partial charge is 0.236 e. The summed E-state index contributed by atoms with van der Waals surface area (Å²) in [5, 5.41) is 15.0. The van der Waals surface area contributed by atoms with Crippen LogP contribution in [0.5, 0.6) is 0 Å². The van der Waals surface area contributed by atoms with E-state index < -0.39 is 0 Å². The van der Waals surface area contributed by atoms with Gasteiger partial charge < -0.3 is 0 Å². The molecule has 25 heavy (non-hydrogen) atoms. The van der Waals surface area contributed by atoms with Crippen molar-refractivity contribution in [2.75, 3.05) is 0 Å². The highest BCUT2D eigenvalue weighted by molar-refractivity contribution is 7.98. The number of fused-ring (bicyclic) bond motifs is 1. The molecule has 0 fully saturated rings. The molecule has 5 heteroatoms. The fourth-order valence-corrected chi connectivity index (χ4v) is 3.59. The predicted molar refractivity (Wildman–Crippen MR) is 99.1 cm³/mol. The molecule has 0 aliphatic heterocycles. The molecule has 0 spiro atoms. The van der Waals surface area contributed by atoms with Crippen molar-refractivity contribution in [1.82, 2.24) is 14.6 Å². The summed E-state index contributed by atoms with van der Waals surface area (Å²) < 4.78 is 1.77. The maximum atomic E-state index is 9.61. The summed E-state index contributed by atoms with van der Waals surface area (Å²) in [7, 11) is 0. The lowest BCUT2D eigenvalue weighted by molar-refractivity contribution is 0.894. The molecule has 2 aromatic carbocycles. The van der Waals surface area contributed by atoms with E-state index in [1.165, 1.54) is 5.56 Å². The molecule has 4 nitrogen and oxygen atoms in total. The number of rotatable bonds is 4. The lowest BCUT2D eigenvalue weighted by atomic mass is 10.1. The summed E-state index contributed by atoms with van der Waals surface area (Å²) in [4.78, 5) is 4.38. The smallest absolute Gasteiger partial charge is 0.174 e. The van der Waals surface area contributed by atoms with Crippen LogP contribution in [0.2, 0.25) is 0 Å². The number of hydrogen-bond acceptors (Lipinski definition) is 4. The van der Waals surface area contributed by atoms with E-state index >= 15 is 0 Å². The normalized spacial score (nSPS) is 10.7. The molecule has 0 radical (unpaired) electrons. The third-order valence-electron chi connectivity index (χ3n) is 3.89. The second-order valence-corrected chi connectivity index (χ2v) is 6.46. The number of benzene rings is 2. The van der Waals surface area contributed by atoms with Gasteiger partial charge in [-0.3, -0.25) is 0 Å². The molecule has 4 rings (SSSR count). The van der Waals surface area contributed by atoms with E-state index in [4.69, 9.17) is 0 Å². The molecule has 4 aromatic rings. The van der Waals surface area contributed by atoms with Gasteiger partial charge in [0, 0.05) is 17.5 Å². The van der Waals surface area contributed by atoms with Crippen LogP contribution in [-0.4, -0.2) is 14.6 Å². The first-order valence-corrected chi connectivity index (χ1v) is 8.85. The average molecular weight is 342 g/mol. The van der Waals surface area contributed by atoms with Crippen LogP contribution in [0.1, 0.15) is 11.1 Å². The zero-order valence-electron chi connectivity index (χ0n) is 13.3. The Morgan fingerprint density at radius 2 is 1.68 bits per heavy atom. The van der Waals surface area contributed by atoms with Gasteiger partial charge in [0.25, 0.3) is 0 Å². The summed E-state index contributed by atoms with van der Waals surface area (Å²) in [5.41, 5.74) is 4.29. The minimum Gasteiger partial charge on any atom is -0.236 e. The predicted octanol–water partition coefficient (Wildman–Crippen LogP) is 4.56. The molecule has 0 N–H and O–H groups in total. The molecule has 2 aromatic heterocycles. The standard InChI is InChI=1S/C20H14N4S/c21-13-17-19-22-12-11-18(16-9-5-2-6-10-16)24(19)23-20(17)25-14-15-7-3-1-4-8-15/h1-12H,14H2. The molecule has 120 valence electrons. The first-order valence-electron chi connectivity index (χ1n) is 7.87. The van der Waals surface area contributed by atoms with E-state index in [9.17, 15) is 5.26 Å².